The Morgan fingerprint density at radius 3 is 1.61 bits per heavy atom. The largest absolute Gasteiger partial charge is 0.493 e. The van der Waals surface area contributed by atoms with Gasteiger partial charge in [-0.25, -0.2) is 38.2 Å². The van der Waals surface area contributed by atoms with Crippen LogP contribution >= 0.6 is 11.6 Å². The molecule has 1 saturated heterocycles. The number of nitrogen functional groups attached to an aromatic ring is 2. The molecule has 1 aliphatic heterocycles. The number of nitrogens with zero attached hydrogens (tertiary/aromatic N) is 5. The molecule has 0 spiro atoms. The van der Waals surface area contributed by atoms with E-state index in [0.29, 0.717) is 72.3 Å². The fourth-order valence-corrected chi connectivity index (χ4v) is 9.10. The second-order valence-electron chi connectivity index (χ2n) is 17.7. The number of piperidine rings is 1. The van der Waals surface area contributed by atoms with Gasteiger partial charge in [-0.1, -0.05) is 65.3 Å². The van der Waals surface area contributed by atoms with Crippen LogP contribution in [0.4, 0.5) is 26.2 Å². The molecule has 1 fully saturated rings. The number of nitrogens with one attached hydrogen (secondary N) is 2. The van der Waals surface area contributed by atoms with Crippen LogP contribution in [0.5, 0.6) is 11.5 Å². The van der Waals surface area contributed by atoms with Gasteiger partial charge in [0.2, 0.25) is 0 Å². The van der Waals surface area contributed by atoms with E-state index < -0.39 is 48.5 Å². The Balaban J connectivity index is 0.000000496. The summed E-state index contributed by atoms with van der Waals surface area (Å²) in [5, 5.41) is -1.04. The molecule has 2 unspecified atom stereocenters. The van der Waals surface area contributed by atoms with Crippen LogP contribution in [0.3, 0.4) is 0 Å². The Labute approximate surface area is 422 Å². The number of hydrogen-bond donors (Lipinski definition) is 4. The van der Waals surface area contributed by atoms with E-state index in [1.807, 2.05) is 37.3 Å². The number of ether oxygens (including phenoxy) is 2. The highest BCUT2D eigenvalue weighted by Gasteiger charge is 2.30. The second kappa shape index (κ2) is 22.8. The minimum Gasteiger partial charge on any atom is -0.493 e. The van der Waals surface area contributed by atoms with Crippen LogP contribution in [-0.2, 0) is 20.0 Å². The summed E-state index contributed by atoms with van der Waals surface area (Å²) < 4.78 is 94.3. The van der Waals surface area contributed by atoms with E-state index in [4.69, 9.17) is 37.5 Å². The number of benzene rings is 2. The van der Waals surface area contributed by atoms with Crippen molar-refractivity contribution in [2.24, 2.45) is 23.7 Å². The summed E-state index contributed by atoms with van der Waals surface area (Å²) in [6.07, 6.45) is 0.882. The number of carbonyl (C=O) groups excluding carboxylic acids is 2. The predicted octanol–water partition coefficient (Wildman–Crippen LogP) is 9.16. The van der Waals surface area contributed by atoms with E-state index in [1.54, 1.807) is 18.2 Å². The summed E-state index contributed by atoms with van der Waals surface area (Å²) in [4.78, 5) is 44.2. The van der Waals surface area contributed by atoms with Crippen LogP contribution < -0.4 is 35.3 Å². The molecule has 71 heavy (non-hydrogen) atoms. The van der Waals surface area contributed by atoms with Crippen LogP contribution in [0.25, 0.3) is 22.5 Å². The molecule has 1 aliphatic rings. The maximum Gasteiger partial charge on any atom is 0.281 e. The zero-order valence-electron chi connectivity index (χ0n) is 39.7. The van der Waals surface area contributed by atoms with Crippen molar-refractivity contribution in [2.45, 2.75) is 58.0 Å². The average molecular weight is 1040 g/mol. The zero-order chi connectivity index (χ0) is 51.8. The molecule has 0 radical (unpaired) electrons. The summed E-state index contributed by atoms with van der Waals surface area (Å²) in [5.74, 6) is -0.486. The van der Waals surface area contributed by atoms with Crippen molar-refractivity contribution in [2.75, 3.05) is 42.7 Å². The van der Waals surface area contributed by atoms with Crippen LogP contribution in [0, 0.1) is 35.3 Å². The van der Waals surface area contributed by atoms with Gasteiger partial charge in [-0.2, -0.15) is 16.8 Å². The molecule has 384 valence electrons. The second-order valence-corrected chi connectivity index (χ2v) is 21.3. The van der Waals surface area contributed by atoms with E-state index >= 15 is 0 Å². The van der Waals surface area contributed by atoms with Gasteiger partial charge in [0.05, 0.1) is 35.7 Å². The van der Waals surface area contributed by atoms with Gasteiger partial charge in [0.25, 0.3) is 31.9 Å². The van der Waals surface area contributed by atoms with E-state index in [1.165, 1.54) is 78.9 Å². The average Bonchev–Trinajstić information content (AvgIpc) is 3.30. The Hall–Kier alpha value is -6.97. The predicted molar refractivity (Wildman–Crippen MR) is 275 cm³/mol. The first-order chi connectivity index (χ1) is 33.5. The molecular formula is C49H62ClF2N9O8S2. The number of halogens is 3. The van der Waals surface area contributed by atoms with Gasteiger partial charge < -0.3 is 25.8 Å². The van der Waals surface area contributed by atoms with Gasteiger partial charge in [-0.15, -0.1) is 0 Å². The van der Waals surface area contributed by atoms with Gasteiger partial charge in [-0.3, -0.25) is 9.59 Å². The molecule has 22 heteroatoms. The minimum absolute atomic E-state index is 0. The SMILES string of the molecule is CC(C)COc1cc(F)cc(-c2ccc(C(=O)NS(=O)(=O)c3cccc(N)n3)c(Cl)n2)c1.CC(C)COc1cc(F)cc(-c2ccc(C(=O)NS(=O)(=O)c3cccc(N)n3)c(N3CCC(C)C(C)C3)n2)c1.[HH].[HH].[HH].[HH]. The first-order valence-corrected chi connectivity index (χ1v) is 25.7. The maximum absolute atomic E-state index is 14.5. The van der Waals surface area contributed by atoms with Crippen LogP contribution in [0.1, 0.15) is 74.4 Å². The maximum atomic E-state index is 14.5. The molecule has 0 saturated carbocycles. The van der Waals surface area contributed by atoms with Crippen molar-refractivity contribution >= 4 is 60.9 Å². The van der Waals surface area contributed by atoms with Gasteiger partial charge in [0, 0.05) is 42.1 Å². The number of sulfonamides is 2. The fraction of sp³-hybridized carbons (Fsp3) is 0.306. The Morgan fingerprint density at radius 1 is 0.690 bits per heavy atom. The molecule has 4 aromatic heterocycles. The molecule has 0 aliphatic carbocycles. The number of rotatable bonds is 15. The summed E-state index contributed by atoms with van der Waals surface area (Å²) >= 11 is 6.13. The third-order valence-electron chi connectivity index (χ3n) is 10.8. The number of aromatic nitrogens is 4. The van der Waals surface area contributed by atoms with E-state index in [9.17, 15) is 35.2 Å². The molecule has 6 N–H and O–H groups in total. The summed E-state index contributed by atoms with van der Waals surface area (Å²) in [6, 6.07) is 22.4. The van der Waals surface area contributed by atoms with Crippen LogP contribution in [0.15, 0.2) is 107 Å². The number of hydrogen-bond acceptors (Lipinski definition) is 15. The normalized spacial score (nSPS) is 14.9. The standard InChI is InChI=1S/C28H34FN5O4S.C21H20ClFN4O4S.4H2/c1-17(2)16-38-22-13-20(12-21(29)14-22)24-9-8-23(27(31-24)34-11-10-18(3)19(4)15-34)28(35)33-39(36,37)26-7-5-6-25(30)32-26;1-12(2)11-31-15-9-13(8-14(23)10-15)17-7-6-16(20(22)25-17)21(28)27-32(29,30)19-5-3-4-18(24)26-19;;;;/h5-9,12-14,17-19H,10-11,15-16H2,1-4H3,(H2,30,32)(H,33,35);3-10,12H,11H2,1-2H3,(H2,24,26)(H,27,28);4*1H. The van der Waals surface area contributed by atoms with E-state index in [2.05, 4.69) is 33.5 Å². The van der Waals surface area contributed by atoms with Gasteiger partial charge >= 0.3 is 0 Å². The highest BCUT2D eigenvalue weighted by molar-refractivity contribution is 7.90. The Kier molecular flexibility index (Phi) is 17.2. The van der Waals surface area contributed by atoms with E-state index in [-0.39, 0.29) is 56.2 Å². The Bertz CT molecular complexity index is 3170. The van der Waals surface area contributed by atoms with Gasteiger partial charge in [-0.05, 0) is 103 Å². The smallest absolute Gasteiger partial charge is 0.281 e. The molecule has 5 heterocycles. The van der Waals surface area contributed by atoms with Gasteiger partial charge in [0.15, 0.2) is 10.1 Å². The molecule has 7 rings (SSSR count). The van der Waals surface area contributed by atoms with Gasteiger partial charge in [0.1, 0.15) is 45.7 Å². The van der Waals surface area contributed by atoms with E-state index in [0.717, 1.165) is 6.42 Å². The highest BCUT2D eigenvalue weighted by Crippen LogP contribution is 2.33. The molecule has 2 aromatic carbocycles. The first kappa shape index (κ1) is 53.4. The third-order valence-corrected chi connectivity index (χ3v) is 13.6. The Morgan fingerprint density at radius 2 is 1.15 bits per heavy atom. The van der Waals surface area contributed by atoms with Crippen LogP contribution in [-0.4, -0.2) is 74.9 Å². The number of pyridine rings is 4. The third kappa shape index (κ3) is 14.3. The van der Waals surface area contributed by atoms with Crippen molar-refractivity contribution in [3.05, 3.63) is 125 Å². The lowest BCUT2D eigenvalue weighted by Gasteiger charge is -2.37. The monoisotopic (exact) mass is 1040 g/mol. The van der Waals surface area contributed by atoms with Crippen LogP contribution in [0.2, 0.25) is 5.15 Å². The lowest BCUT2D eigenvalue weighted by molar-refractivity contribution is 0.0972. The zero-order valence-corrected chi connectivity index (χ0v) is 42.1. The number of nitrogens with two attached hydrogens (primary N) is 2. The number of amides is 2. The first-order valence-electron chi connectivity index (χ1n) is 22.4. The molecule has 17 nitrogen and oxygen atoms in total. The molecule has 6 aromatic rings. The molecule has 2 atom stereocenters. The lowest BCUT2D eigenvalue weighted by atomic mass is 9.88. The minimum atomic E-state index is -4.29. The van der Waals surface area contributed by atoms with Crippen molar-refractivity contribution in [3.8, 4) is 34.0 Å². The van der Waals surface area contributed by atoms with Crippen molar-refractivity contribution in [1.29, 1.82) is 0 Å². The quantitative estimate of drug-likeness (QED) is 0.0700. The highest BCUT2D eigenvalue weighted by atomic mass is 35.5. The fourth-order valence-electron chi connectivity index (χ4n) is 6.98. The lowest BCUT2D eigenvalue weighted by Crippen LogP contribution is -2.40. The summed E-state index contributed by atoms with van der Waals surface area (Å²) in [7, 11) is -8.56. The molecule has 0 bridgehead atoms. The molecule has 2 amide bonds. The number of anilines is 3. The number of carbonyl (C=O) groups is 2. The summed E-state index contributed by atoms with van der Waals surface area (Å²) in [6.45, 7) is 14.3. The van der Waals surface area contributed by atoms with Crippen molar-refractivity contribution in [3.63, 3.8) is 0 Å². The van der Waals surface area contributed by atoms with Crippen molar-refractivity contribution in [1.82, 2.24) is 29.4 Å². The summed E-state index contributed by atoms with van der Waals surface area (Å²) in [5.41, 5.74) is 12.6. The topological polar surface area (TPSA) is 252 Å². The van der Waals surface area contributed by atoms with Crippen molar-refractivity contribution < 1.29 is 50.4 Å². The molecular weight excluding hydrogens is 980 g/mol.